The molecule has 0 radical (unpaired) electrons. The van der Waals surface area contributed by atoms with Crippen LogP contribution >= 0.6 is 0 Å². The Morgan fingerprint density at radius 3 is 2.39 bits per heavy atom. The van der Waals surface area contributed by atoms with Crippen molar-refractivity contribution in [3.05, 3.63) is 78.7 Å². The minimum absolute atomic E-state index is 0.336. The van der Waals surface area contributed by atoms with E-state index in [0.717, 1.165) is 27.6 Å². The number of rotatable bonds is 3. The van der Waals surface area contributed by atoms with Gasteiger partial charge in [-0.25, -0.2) is 0 Å². The minimum atomic E-state index is 0.336. The van der Waals surface area contributed by atoms with Crippen molar-refractivity contribution in [3.63, 3.8) is 0 Å². The van der Waals surface area contributed by atoms with E-state index in [1.165, 1.54) is 0 Å². The molecule has 0 unspecified atom stereocenters. The molecule has 2 aromatic carbocycles. The van der Waals surface area contributed by atoms with Crippen LogP contribution in [0.4, 0.5) is 0 Å². The largest absolute Gasteiger partial charge is 0.453 e. The topological polar surface area (TPSA) is 43.1 Å². The molecule has 2 heterocycles. The zero-order valence-electron chi connectivity index (χ0n) is 12.3. The van der Waals surface area contributed by atoms with Crippen molar-refractivity contribution in [2.24, 2.45) is 0 Å². The number of furan rings is 1. The van der Waals surface area contributed by atoms with E-state index >= 15 is 0 Å². The van der Waals surface area contributed by atoms with Gasteiger partial charge in [-0.2, -0.15) is 0 Å². The second kappa shape index (κ2) is 5.54. The summed E-state index contributed by atoms with van der Waals surface area (Å²) in [7, 11) is 0. The molecule has 0 fully saturated rings. The Labute approximate surface area is 133 Å². The van der Waals surface area contributed by atoms with Gasteiger partial charge in [0.25, 0.3) is 0 Å². The van der Waals surface area contributed by atoms with E-state index in [0.29, 0.717) is 17.8 Å². The van der Waals surface area contributed by atoms with Crippen LogP contribution in [0.3, 0.4) is 0 Å². The summed E-state index contributed by atoms with van der Waals surface area (Å²) in [5.74, 6) is 1.03. The smallest absolute Gasteiger partial charge is 0.185 e. The first kappa shape index (κ1) is 13.5. The zero-order valence-corrected chi connectivity index (χ0v) is 12.3. The first-order valence-electron chi connectivity index (χ1n) is 7.34. The van der Waals surface area contributed by atoms with E-state index in [9.17, 15) is 4.79 Å². The van der Waals surface area contributed by atoms with Crippen LogP contribution in [0, 0.1) is 0 Å². The van der Waals surface area contributed by atoms with Crippen molar-refractivity contribution in [1.82, 2.24) is 4.98 Å². The molecule has 0 bridgehead atoms. The second-order valence-electron chi connectivity index (χ2n) is 5.31. The van der Waals surface area contributed by atoms with Gasteiger partial charge in [0.2, 0.25) is 0 Å². The number of fused-ring (bicyclic) bond motifs is 1. The van der Waals surface area contributed by atoms with Crippen LogP contribution in [-0.4, -0.2) is 11.3 Å². The minimum Gasteiger partial charge on any atom is -0.453 e. The van der Waals surface area contributed by atoms with Crippen molar-refractivity contribution in [1.29, 1.82) is 0 Å². The lowest BCUT2D eigenvalue weighted by atomic mass is 10.0. The van der Waals surface area contributed by atoms with Crippen LogP contribution in [0.2, 0.25) is 0 Å². The third-order valence-electron chi connectivity index (χ3n) is 3.84. The molecular weight excluding hydrogens is 286 g/mol. The molecule has 23 heavy (non-hydrogen) atoms. The molecule has 3 nitrogen and oxygen atoms in total. The summed E-state index contributed by atoms with van der Waals surface area (Å²) >= 11 is 0. The number of hydrogen-bond donors (Lipinski definition) is 0. The maximum atomic E-state index is 10.7. The molecule has 3 heteroatoms. The molecule has 4 aromatic rings. The molecule has 0 saturated carbocycles. The van der Waals surface area contributed by atoms with Gasteiger partial charge in [0, 0.05) is 22.7 Å². The van der Waals surface area contributed by atoms with Gasteiger partial charge in [-0.3, -0.25) is 9.78 Å². The van der Waals surface area contributed by atoms with Crippen LogP contribution in [-0.2, 0) is 0 Å². The summed E-state index contributed by atoms with van der Waals surface area (Å²) in [5, 5.41) is 1.12. The lowest BCUT2D eigenvalue weighted by molar-refractivity contribution is 0.110. The SMILES string of the molecule is O=Cc1ccc(-c2ccc(-c3cnc4ccccc4c3)cc2)o1. The Hall–Kier alpha value is -3.20. The number of carbonyl (C=O) groups is 1. The third kappa shape index (κ3) is 2.53. The van der Waals surface area contributed by atoms with Crippen LogP contribution in [0.25, 0.3) is 33.4 Å². The highest BCUT2D eigenvalue weighted by Crippen LogP contribution is 2.27. The Balaban J connectivity index is 1.70. The number of hydrogen-bond acceptors (Lipinski definition) is 3. The van der Waals surface area contributed by atoms with Crippen LogP contribution in [0.1, 0.15) is 10.6 Å². The average molecular weight is 299 g/mol. The fourth-order valence-electron chi connectivity index (χ4n) is 2.63. The van der Waals surface area contributed by atoms with Gasteiger partial charge in [0.05, 0.1) is 5.52 Å². The highest BCUT2D eigenvalue weighted by atomic mass is 16.3. The van der Waals surface area contributed by atoms with Crippen molar-refractivity contribution in [2.45, 2.75) is 0 Å². The summed E-state index contributed by atoms with van der Waals surface area (Å²) in [6.07, 6.45) is 2.59. The number of nitrogens with zero attached hydrogens (tertiary/aromatic N) is 1. The average Bonchev–Trinajstić information content (AvgIpc) is 3.11. The van der Waals surface area contributed by atoms with Crippen molar-refractivity contribution < 1.29 is 9.21 Å². The highest BCUT2D eigenvalue weighted by Gasteiger charge is 2.05. The van der Waals surface area contributed by atoms with E-state index in [2.05, 4.69) is 17.1 Å². The normalized spacial score (nSPS) is 10.8. The van der Waals surface area contributed by atoms with Crippen molar-refractivity contribution in [3.8, 4) is 22.5 Å². The first-order chi connectivity index (χ1) is 11.3. The van der Waals surface area contributed by atoms with Gasteiger partial charge in [-0.1, -0.05) is 42.5 Å². The number of carbonyl (C=O) groups excluding carboxylic acids is 1. The van der Waals surface area contributed by atoms with Crippen molar-refractivity contribution in [2.75, 3.05) is 0 Å². The molecule has 0 aliphatic rings. The van der Waals surface area contributed by atoms with E-state index in [1.807, 2.05) is 48.7 Å². The number of aromatic nitrogens is 1. The summed E-state index contributed by atoms with van der Waals surface area (Å²) < 4.78 is 5.44. The Morgan fingerprint density at radius 1 is 0.826 bits per heavy atom. The number of benzene rings is 2. The Morgan fingerprint density at radius 2 is 1.61 bits per heavy atom. The fraction of sp³-hybridized carbons (Fsp3) is 0. The van der Waals surface area contributed by atoms with Crippen LogP contribution in [0.15, 0.2) is 77.3 Å². The maximum Gasteiger partial charge on any atom is 0.185 e. The lowest BCUT2D eigenvalue weighted by Gasteiger charge is -2.04. The van der Waals surface area contributed by atoms with Gasteiger partial charge in [0.15, 0.2) is 12.0 Å². The standard InChI is InChI=1S/C20H13NO2/c22-13-18-9-10-20(23-18)15-7-5-14(6-8-15)17-11-16-3-1-2-4-19(16)21-12-17/h1-13H. The summed E-state index contributed by atoms with van der Waals surface area (Å²) in [5.41, 5.74) is 4.10. The highest BCUT2D eigenvalue weighted by molar-refractivity contribution is 5.83. The number of pyridine rings is 1. The Bertz CT molecular complexity index is 984. The van der Waals surface area contributed by atoms with Gasteiger partial charge in [-0.05, 0) is 29.8 Å². The van der Waals surface area contributed by atoms with Crippen LogP contribution in [0.5, 0.6) is 0 Å². The van der Waals surface area contributed by atoms with E-state index in [-0.39, 0.29) is 0 Å². The molecule has 0 amide bonds. The van der Waals surface area contributed by atoms with Gasteiger partial charge in [-0.15, -0.1) is 0 Å². The molecule has 0 aliphatic carbocycles. The van der Waals surface area contributed by atoms with E-state index < -0.39 is 0 Å². The molecule has 2 aromatic heterocycles. The van der Waals surface area contributed by atoms with Gasteiger partial charge < -0.3 is 4.42 Å². The fourth-order valence-corrected chi connectivity index (χ4v) is 2.63. The summed E-state index contributed by atoms with van der Waals surface area (Å²) in [4.78, 5) is 15.2. The molecular formula is C20H13NO2. The Kier molecular flexibility index (Phi) is 3.24. The van der Waals surface area contributed by atoms with Gasteiger partial charge in [0.1, 0.15) is 5.76 Å². The van der Waals surface area contributed by atoms with Crippen molar-refractivity contribution >= 4 is 17.2 Å². The molecule has 0 atom stereocenters. The molecule has 0 N–H and O–H groups in total. The predicted octanol–water partition coefficient (Wildman–Crippen LogP) is 4.97. The maximum absolute atomic E-state index is 10.7. The molecule has 0 spiro atoms. The van der Waals surface area contributed by atoms with E-state index in [4.69, 9.17) is 4.42 Å². The lowest BCUT2D eigenvalue weighted by Crippen LogP contribution is -1.83. The summed E-state index contributed by atoms with van der Waals surface area (Å²) in [6, 6.07) is 21.7. The second-order valence-corrected chi connectivity index (χ2v) is 5.31. The predicted molar refractivity (Wildman–Crippen MR) is 90.3 cm³/mol. The summed E-state index contributed by atoms with van der Waals surface area (Å²) in [6.45, 7) is 0. The monoisotopic (exact) mass is 299 g/mol. The molecule has 0 saturated heterocycles. The van der Waals surface area contributed by atoms with Crippen LogP contribution < -0.4 is 0 Å². The molecule has 0 aliphatic heterocycles. The third-order valence-corrected chi connectivity index (χ3v) is 3.84. The first-order valence-corrected chi connectivity index (χ1v) is 7.34. The number of para-hydroxylation sites is 1. The quantitative estimate of drug-likeness (QED) is 0.501. The van der Waals surface area contributed by atoms with E-state index in [1.54, 1.807) is 12.1 Å². The van der Waals surface area contributed by atoms with Gasteiger partial charge >= 0.3 is 0 Å². The molecule has 4 rings (SSSR count). The molecule has 110 valence electrons. The zero-order chi connectivity index (χ0) is 15.6. The number of aldehydes is 1.